The lowest BCUT2D eigenvalue weighted by molar-refractivity contribution is -0.128. The molecule has 0 aromatic heterocycles. The summed E-state index contributed by atoms with van der Waals surface area (Å²) in [6, 6.07) is 0.366. The molecule has 2 unspecified atom stereocenters. The average Bonchev–Trinajstić information content (AvgIpc) is 3.09. The fraction of sp³-hybridized carbons (Fsp3) is 0.917. The van der Waals surface area contributed by atoms with Gasteiger partial charge in [-0.2, -0.15) is 0 Å². The molecular formula is C12H22N2O2. The molecule has 1 aliphatic carbocycles. The van der Waals surface area contributed by atoms with E-state index in [2.05, 4.69) is 17.6 Å². The lowest BCUT2D eigenvalue weighted by Crippen LogP contribution is -2.45. The van der Waals surface area contributed by atoms with E-state index in [0.29, 0.717) is 6.04 Å². The van der Waals surface area contributed by atoms with Crippen molar-refractivity contribution in [3.8, 4) is 0 Å². The van der Waals surface area contributed by atoms with Gasteiger partial charge in [0.25, 0.3) is 0 Å². The van der Waals surface area contributed by atoms with Crippen molar-refractivity contribution in [2.24, 2.45) is 5.92 Å². The number of nitrogens with one attached hydrogen (secondary N) is 2. The van der Waals surface area contributed by atoms with Crippen molar-refractivity contribution in [1.82, 2.24) is 10.6 Å². The normalized spacial score (nSPS) is 30.1. The lowest BCUT2D eigenvalue weighted by atomic mass is 10.0. The molecule has 4 nitrogen and oxygen atoms in total. The predicted molar refractivity (Wildman–Crippen MR) is 62.2 cm³/mol. The first-order chi connectivity index (χ1) is 7.75. The number of amides is 1. The Labute approximate surface area is 97.1 Å². The Morgan fingerprint density at radius 3 is 2.94 bits per heavy atom. The van der Waals surface area contributed by atoms with Crippen LogP contribution in [0.3, 0.4) is 0 Å². The molecule has 0 spiro atoms. The van der Waals surface area contributed by atoms with Gasteiger partial charge in [0.1, 0.15) is 6.61 Å². The van der Waals surface area contributed by atoms with Gasteiger partial charge in [0.05, 0.1) is 6.10 Å². The molecule has 2 fully saturated rings. The van der Waals surface area contributed by atoms with Crippen LogP contribution in [0, 0.1) is 5.92 Å². The van der Waals surface area contributed by atoms with Crippen molar-refractivity contribution < 1.29 is 9.53 Å². The van der Waals surface area contributed by atoms with E-state index < -0.39 is 0 Å². The van der Waals surface area contributed by atoms with Crippen LogP contribution in [0.15, 0.2) is 0 Å². The summed E-state index contributed by atoms with van der Waals surface area (Å²) < 4.78 is 5.64. The van der Waals surface area contributed by atoms with Crippen molar-refractivity contribution in [2.45, 2.75) is 44.8 Å². The predicted octanol–water partition coefficient (Wildman–Crippen LogP) is 0.670. The summed E-state index contributed by atoms with van der Waals surface area (Å²) in [6.07, 6.45) is 4.93. The summed E-state index contributed by atoms with van der Waals surface area (Å²) in [7, 11) is 0. The molecule has 1 saturated carbocycles. The quantitative estimate of drug-likeness (QED) is 0.724. The van der Waals surface area contributed by atoms with Crippen LogP contribution in [0.25, 0.3) is 0 Å². The Morgan fingerprint density at radius 2 is 2.25 bits per heavy atom. The SMILES string of the molecule is CC1NCCCC1OCC(=O)NCC1CC1. The highest BCUT2D eigenvalue weighted by Gasteiger charge is 2.23. The van der Waals surface area contributed by atoms with Gasteiger partial charge < -0.3 is 15.4 Å². The van der Waals surface area contributed by atoms with Crippen LogP contribution in [0.5, 0.6) is 0 Å². The van der Waals surface area contributed by atoms with Crippen LogP contribution in [0.4, 0.5) is 0 Å². The second kappa shape index (κ2) is 5.64. The van der Waals surface area contributed by atoms with E-state index >= 15 is 0 Å². The molecule has 2 rings (SSSR count). The van der Waals surface area contributed by atoms with E-state index in [9.17, 15) is 4.79 Å². The Hall–Kier alpha value is -0.610. The first-order valence-electron chi connectivity index (χ1n) is 6.37. The summed E-state index contributed by atoms with van der Waals surface area (Å²) in [5.41, 5.74) is 0. The summed E-state index contributed by atoms with van der Waals surface area (Å²) in [5.74, 6) is 0.767. The van der Waals surface area contributed by atoms with E-state index in [1.165, 1.54) is 12.8 Å². The number of carbonyl (C=O) groups is 1. The summed E-state index contributed by atoms with van der Waals surface area (Å²) in [6.45, 7) is 4.23. The summed E-state index contributed by atoms with van der Waals surface area (Å²) >= 11 is 0. The van der Waals surface area contributed by atoms with Crippen molar-refractivity contribution in [3.05, 3.63) is 0 Å². The molecule has 92 valence electrons. The highest BCUT2D eigenvalue weighted by atomic mass is 16.5. The smallest absolute Gasteiger partial charge is 0.246 e. The fourth-order valence-corrected chi connectivity index (χ4v) is 2.06. The van der Waals surface area contributed by atoms with Gasteiger partial charge in [-0.25, -0.2) is 0 Å². The Balaban J connectivity index is 1.59. The van der Waals surface area contributed by atoms with E-state index in [1.807, 2.05) is 0 Å². The molecule has 2 aliphatic rings. The number of ether oxygens (including phenoxy) is 1. The molecule has 0 radical (unpaired) electrons. The molecule has 1 saturated heterocycles. The van der Waals surface area contributed by atoms with Gasteiger partial charge in [-0.3, -0.25) is 4.79 Å². The number of rotatable bonds is 5. The van der Waals surface area contributed by atoms with E-state index in [-0.39, 0.29) is 18.6 Å². The van der Waals surface area contributed by atoms with Gasteiger partial charge in [0, 0.05) is 12.6 Å². The minimum absolute atomic E-state index is 0.0321. The third kappa shape index (κ3) is 3.76. The zero-order valence-electron chi connectivity index (χ0n) is 10.00. The number of piperidine rings is 1. The maximum absolute atomic E-state index is 11.5. The summed E-state index contributed by atoms with van der Waals surface area (Å²) in [5, 5.41) is 6.27. The Morgan fingerprint density at radius 1 is 1.44 bits per heavy atom. The number of hydrogen-bond acceptors (Lipinski definition) is 3. The minimum Gasteiger partial charge on any atom is -0.367 e. The Kier molecular flexibility index (Phi) is 4.18. The van der Waals surface area contributed by atoms with Gasteiger partial charge in [-0.1, -0.05) is 0 Å². The lowest BCUT2D eigenvalue weighted by Gasteiger charge is -2.29. The molecule has 4 heteroatoms. The largest absolute Gasteiger partial charge is 0.367 e. The van der Waals surface area contributed by atoms with Crippen LogP contribution in [-0.4, -0.2) is 37.7 Å². The number of hydrogen-bond donors (Lipinski definition) is 2. The van der Waals surface area contributed by atoms with E-state index in [0.717, 1.165) is 31.8 Å². The third-order valence-electron chi connectivity index (χ3n) is 3.40. The van der Waals surface area contributed by atoms with Crippen LogP contribution in [0.2, 0.25) is 0 Å². The van der Waals surface area contributed by atoms with Gasteiger partial charge in [0.2, 0.25) is 5.91 Å². The first-order valence-corrected chi connectivity index (χ1v) is 6.37. The van der Waals surface area contributed by atoms with Crippen molar-refractivity contribution in [3.63, 3.8) is 0 Å². The fourth-order valence-electron chi connectivity index (χ4n) is 2.06. The average molecular weight is 226 g/mol. The topological polar surface area (TPSA) is 50.4 Å². The summed E-state index contributed by atoms with van der Waals surface area (Å²) in [4.78, 5) is 11.5. The van der Waals surface area contributed by atoms with Crippen molar-refractivity contribution in [2.75, 3.05) is 19.7 Å². The molecule has 16 heavy (non-hydrogen) atoms. The first kappa shape index (κ1) is 11.9. The van der Waals surface area contributed by atoms with E-state index in [1.54, 1.807) is 0 Å². The van der Waals surface area contributed by atoms with Crippen LogP contribution in [0.1, 0.15) is 32.6 Å². The van der Waals surface area contributed by atoms with Crippen molar-refractivity contribution in [1.29, 1.82) is 0 Å². The highest BCUT2D eigenvalue weighted by Crippen LogP contribution is 2.27. The molecule has 1 amide bonds. The van der Waals surface area contributed by atoms with Crippen molar-refractivity contribution >= 4 is 5.91 Å². The monoisotopic (exact) mass is 226 g/mol. The molecular weight excluding hydrogens is 204 g/mol. The van der Waals surface area contributed by atoms with Crippen LogP contribution in [-0.2, 0) is 9.53 Å². The van der Waals surface area contributed by atoms with E-state index in [4.69, 9.17) is 4.74 Å². The van der Waals surface area contributed by atoms with Gasteiger partial charge in [0.15, 0.2) is 0 Å². The molecule has 0 bridgehead atoms. The molecule has 1 heterocycles. The van der Waals surface area contributed by atoms with Gasteiger partial charge in [-0.15, -0.1) is 0 Å². The molecule has 2 atom stereocenters. The zero-order chi connectivity index (χ0) is 11.4. The second-order valence-corrected chi connectivity index (χ2v) is 4.98. The number of carbonyl (C=O) groups excluding carboxylic acids is 1. The van der Waals surface area contributed by atoms with Crippen LogP contribution >= 0.6 is 0 Å². The standard InChI is InChI=1S/C12H22N2O2/c1-9-11(3-2-6-13-9)16-8-12(15)14-7-10-4-5-10/h9-11,13H,2-8H2,1H3,(H,14,15). The maximum Gasteiger partial charge on any atom is 0.246 e. The molecule has 1 aliphatic heterocycles. The van der Waals surface area contributed by atoms with Crippen LogP contribution < -0.4 is 10.6 Å². The molecule has 0 aromatic rings. The minimum atomic E-state index is 0.0321. The Bertz CT molecular complexity index is 241. The third-order valence-corrected chi connectivity index (χ3v) is 3.40. The molecule has 2 N–H and O–H groups in total. The zero-order valence-corrected chi connectivity index (χ0v) is 10.00. The van der Waals surface area contributed by atoms with Gasteiger partial charge in [-0.05, 0) is 45.1 Å². The molecule has 0 aromatic carbocycles. The maximum atomic E-state index is 11.5. The second-order valence-electron chi connectivity index (χ2n) is 4.98. The highest BCUT2D eigenvalue weighted by molar-refractivity contribution is 5.77. The van der Waals surface area contributed by atoms with Gasteiger partial charge >= 0.3 is 0 Å².